The van der Waals surface area contributed by atoms with Crippen LogP contribution in [-0.2, 0) is 16.0 Å². The number of furan rings is 1. The smallest absolute Gasteiger partial charge is 0.306 e. The van der Waals surface area contributed by atoms with Crippen LogP contribution in [0.25, 0.3) is 11.3 Å². The van der Waals surface area contributed by atoms with E-state index in [0.29, 0.717) is 18.9 Å². The standard InChI is InChI=1S/C19H21NO5/c1-2-13-3-5-14(6-4-13)16-7-8-17(25-16)19(23)20-9-10-24-15(12-20)11-18(21)22/h3-8,15H,2,9-12H2,1H3,(H,21,22)/t15-/m0/s1. The summed E-state index contributed by atoms with van der Waals surface area (Å²) in [6.07, 6.45) is 0.374. The number of hydrogen-bond acceptors (Lipinski definition) is 4. The lowest BCUT2D eigenvalue weighted by Crippen LogP contribution is -2.46. The van der Waals surface area contributed by atoms with Gasteiger partial charge in [0.15, 0.2) is 5.76 Å². The minimum atomic E-state index is -0.935. The summed E-state index contributed by atoms with van der Waals surface area (Å²) in [6, 6.07) is 11.5. The van der Waals surface area contributed by atoms with Crippen molar-refractivity contribution >= 4 is 11.9 Å². The van der Waals surface area contributed by atoms with Gasteiger partial charge in [-0.2, -0.15) is 0 Å². The van der Waals surface area contributed by atoms with E-state index in [9.17, 15) is 9.59 Å². The van der Waals surface area contributed by atoms with Crippen LogP contribution < -0.4 is 0 Å². The number of benzene rings is 1. The molecule has 1 fully saturated rings. The van der Waals surface area contributed by atoms with Crippen molar-refractivity contribution in [2.75, 3.05) is 19.7 Å². The van der Waals surface area contributed by atoms with Gasteiger partial charge in [-0.1, -0.05) is 31.2 Å². The molecule has 0 unspecified atom stereocenters. The summed E-state index contributed by atoms with van der Waals surface area (Å²) < 4.78 is 11.1. The molecule has 6 heteroatoms. The van der Waals surface area contributed by atoms with Crippen LogP contribution in [0.15, 0.2) is 40.8 Å². The molecule has 0 bridgehead atoms. The number of aliphatic carboxylic acids is 1. The molecular formula is C19H21NO5. The maximum absolute atomic E-state index is 12.6. The first-order valence-electron chi connectivity index (χ1n) is 8.38. The van der Waals surface area contributed by atoms with Crippen molar-refractivity contribution in [2.45, 2.75) is 25.9 Å². The molecule has 1 N–H and O–H groups in total. The van der Waals surface area contributed by atoms with Crippen molar-refractivity contribution in [3.05, 3.63) is 47.7 Å². The highest BCUT2D eigenvalue weighted by molar-refractivity contribution is 5.92. The molecule has 1 aliphatic heterocycles. The molecule has 2 heterocycles. The van der Waals surface area contributed by atoms with Crippen LogP contribution in [0.5, 0.6) is 0 Å². The maximum Gasteiger partial charge on any atom is 0.306 e. The molecule has 1 aromatic carbocycles. The minimum absolute atomic E-state index is 0.114. The Bertz CT molecular complexity index is 749. The molecule has 132 valence electrons. The normalized spacial score (nSPS) is 17.5. The van der Waals surface area contributed by atoms with E-state index in [-0.39, 0.29) is 24.6 Å². The fourth-order valence-electron chi connectivity index (χ4n) is 2.89. The summed E-state index contributed by atoms with van der Waals surface area (Å²) >= 11 is 0. The van der Waals surface area contributed by atoms with E-state index in [4.69, 9.17) is 14.3 Å². The number of aryl methyl sites for hydroxylation is 1. The average molecular weight is 343 g/mol. The number of hydrogen-bond donors (Lipinski definition) is 1. The van der Waals surface area contributed by atoms with E-state index >= 15 is 0 Å². The molecule has 0 radical (unpaired) electrons. The predicted octanol–water partition coefficient (Wildman–Crippen LogP) is 2.82. The number of nitrogens with zero attached hydrogens (tertiary/aromatic N) is 1. The van der Waals surface area contributed by atoms with Gasteiger partial charge in [0.1, 0.15) is 5.76 Å². The van der Waals surface area contributed by atoms with Gasteiger partial charge in [0.2, 0.25) is 0 Å². The third-order valence-corrected chi connectivity index (χ3v) is 4.29. The summed E-state index contributed by atoms with van der Waals surface area (Å²) in [5.41, 5.74) is 2.16. The minimum Gasteiger partial charge on any atom is -0.481 e. The number of carbonyl (C=O) groups is 2. The summed E-state index contributed by atoms with van der Waals surface area (Å²) in [6.45, 7) is 3.11. The highest BCUT2D eigenvalue weighted by Crippen LogP contribution is 2.24. The zero-order chi connectivity index (χ0) is 17.8. The number of morpholine rings is 1. The van der Waals surface area contributed by atoms with Gasteiger partial charge in [0.25, 0.3) is 5.91 Å². The van der Waals surface area contributed by atoms with Crippen LogP contribution in [-0.4, -0.2) is 47.7 Å². The van der Waals surface area contributed by atoms with Crippen molar-refractivity contribution in [1.29, 1.82) is 0 Å². The highest BCUT2D eigenvalue weighted by Gasteiger charge is 2.28. The Morgan fingerprint density at radius 2 is 1.96 bits per heavy atom. The summed E-state index contributed by atoms with van der Waals surface area (Å²) in [7, 11) is 0. The summed E-state index contributed by atoms with van der Waals surface area (Å²) in [4.78, 5) is 25.0. The van der Waals surface area contributed by atoms with Gasteiger partial charge in [-0.3, -0.25) is 9.59 Å². The fraction of sp³-hybridized carbons (Fsp3) is 0.368. The Kier molecular flexibility index (Phi) is 5.19. The largest absolute Gasteiger partial charge is 0.481 e. The topological polar surface area (TPSA) is 80.0 Å². The molecule has 2 aromatic rings. The van der Waals surface area contributed by atoms with Crippen LogP contribution >= 0.6 is 0 Å². The lowest BCUT2D eigenvalue weighted by atomic mass is 10.1. The molecule has 1 saturated heterocycles. The lowest BCUT2D eigenvalue weighted by molar-refractivity contribution is -0.141. The number of ether oxygens (including phenoxy) is 1. The molecule has 3 rings (SSSR count). The van der Waals surface area contributed by atoms with Gasteiger partial charge in [-0.05, 0) is 24.1 Å². The molecular weight excluding hydrogens is 322 g/mol. The van der Waals surface area contributed by atoms with E-state index in [1.54, 1.807) is 17.0 Å². The van der Waals surface area contributed by atoms with Crippen molar-refractivity contribution in [3.63, 3.8) is 0 Å². The van der Waals surface area contributed by atoms with Crippen LogP contribution in [0.3, 0.4) is 0 Å². The monoisotopic (exact) mass is 343 g/mol. The first kappa shape index (κ1) is 17.2. The highest BCUT2D eigenvalue weighted by atomic mass is 16.5. The van der Waals surface area contributed by atoms with Gasteiger partial charge in [-0.15, -0.1) is 0 Å². The molecule has 0 aliphatic carbocycles. The van der Waals surface area contributed by atoms with Gasteiger partial charge < -0.3 is 19.2 Å². The Hall–Kier alpha value is -2.60. The first-order chi connectivity index (χ1) is 12.1. The van der Waals surface area contributed by atoms with Gasteiger partial charge in [-0.25, -0.2) is 0 Å². The Morgan fingerprint density at radius 1 is 1.20 bits per heavy atom. The molecule has 1 aromatic heterocycles. The Labute approximate surface area is 146 Å². The third-order valence-electron chi connectivity index (χ3n) is 4.29. The molecule has 1 atom stereocenters. The van der Waals surface area contributed by atoms with Crippen LogP contribution in [0, 0.1) is 0 Å². The van der Waals surface area contributed by atoms with E-state index in [2.05, 4.69) is 6.92 Å². The molecule has 1 aliphatic rings. The first-order valence-corrected chi connectivity index (χ1v) is 8.38. The SMILES string of the molecule is CCc1ccc(-c2ccc(C(=O)N3CCO[C@@H](CC(=O)O)C3)o2)cc1. The second kappa shape index (κ2) is 7.53. The number of carboxylic acid groups (broad SMARTS) is 1. The number of carboxylic acids is 1. The maximum atomic E-state index is 12.6. The molecule has 6 nitrogen and oxygen atoms in total. The summed E-state index contributed by atoms with van der Waals surface area (Å²) in [5, 5.41) is 8.87. The fourth-order valence-corrected chi connectivity index (χ4v) is 2.89. The van der Waals surface area contributed by atoms with Crippen molar-refractivity contribution in [2.24, 2.45) is 0 Å². The third kappa shape index (κ3) is 4.09. The van der Waals surface area contributed by atoms with Crippen molar-refractivity contribution < 1.29 is 23.8 Å². The molecule has 25 heavy (non-hydrogen) atoms. The summed E-state index contributed by atoms with van der Waals surface area (Å²) in [5.74, 6) is -0.280. The van der Waals surface area contributed by atoms with Crippen molar-refractivity contribution in [3.8, 4) is 11.3 Å². The van der Waals surface area contributed by atoms with E-state index in [1.165, 1.54) is 5.56 Å². The number of carbonyl (C=O) groups excluding carboxylic acids is 1. The lowest BCUT2D eigenvalue weighted by Gasteiger charge is -2.31. The van der Waals surface area contributed by atoms with Crippen LogP contribution in [0.1, 0.15) is 29.5 Å². The van der Waals surface area contributed by atoms with Gasteiger partial charge in [0, 0.05) is 18.7 Å². The van der Waals surface area contributed by atoms with Crippen molar-refractivity contribution in [1.82, 2.24) is 4.90 Å². The van der Waals surface area contributed by atoms with Crippen LogP contribution in [0.4, 0.5) is 0 Å². The second-order valence-electron chi connectivity index (χ2n) is 6.06. The predicted molar refractivity (Wildman–Crippen MR) is 91.4 cm³/mol. The zero-order valence-electron chi connectivity index (χ0n) is 14.1. The Morgan fingerprint density at radius 3 is 2.64 bits per heavy atom. The van der Waals surface area contributed by atoms with E-state index in [0.717, 1.165) is 12.0 Å². The quantitative estimate of drug-likeness (QED) is 0.903. The molecule has 0 spiro atoms. The van der Waals surface area contributed by atoms with Crippen LogP contribution in [0.2, 0.25) is 0 Å². The number of rotatable bonds is 5. The van der Waals surface area contributed by atoms with Gasteiger partial charge in [0.05, 0.1) is 19.1 Å². The number of amides is 1. The average Bonchev–Trinajstić information content (AvgIpc) is 3.11. The van der Waals surface area contributed by atoms with E-state index < -0.39 is 12.1 Å². The Balaban J connectivity index is 1.70. The molecule has 0 saturated carbocycles. The second-order valence-corrected chi connectivity index (χ2v) is 6.06. The van der Waals surface area contributed by atoms with Gasteiger partial charge >= 0.3 is 5.97 Å². The zero-order valence-corrected chi connectivity index (χ0v) is 14.1. The van der Waals surface area contributed by atoms with E-state index in [1.807, 2.05) is 24.3 Å². The molecule has 1 amide bonds.